The van der Waals surface area contributed by atoms with Gasteiger partial charge in [-0.3, -0.25) is 0 Å². The molecule has 1 fully saturated rings. The summed E-state index contributed by atoms with van der Waals surface area (Å²) in [6.07, 6.45) is 7.79. The molecule has 0 radical (unpaired) electrons. The van der Waals surface area contributed by atoms with E-state index in [0.717, 1.165) is 54.1 Å². The van der Waals surface area contributed by atoms with Gasteiger partial charge < -0.3 is 16.4 Å². The Bertz CT molecular complexity index is 976. The monoisotopic (exact) mass is 361 g/mol. The van der Waals surface area contributed by atoms with Gasteiger partial charge >= 0.3 is 0 Å². The average Bonchev–Trinajstić information content (AvgIpc) is 3.15. The standard InChI is InChI=1S/C20H23N7/c1-13-18(24-16-6-2-14(12-21)3-7-16)20-23-10-11-27(20)26-19(13)25-17-8-4-15(22)5-9-17/h2-3,6-7,10-11,15,17,24H,4-5,8-9,22H2,1H3,(H,25,26)/t15-,17-. The molecule has 2 heterocycles. The van der Waals surface area contributed by atoms with E-state index in [1.807, 2.05) is 25.3 Å². The third kappa shape index (κ3) is 3.57. The van der Waals surface area contributed by atoms with Gasteiger partial charge in [0.2, 0.25) is 0 Å². The molecule has 1 saturated carbocycles. The maximum atomic E-state index is 8.98. The molecule has 0 atom stereocenters. The number of nitrogens with zero attached hydrogens (tertiary/aromatic N) is 4. The van der Waals surface area contributed by atoms with Gasteiger partial charge in [0, 0.05) is 35.7 Å². The number of hydrogen-bond acceptors (Lipinski definition) is 6. The Labute approximate surface area is 158 Å². The van der Waals surface area contributed by atoms with Crippen LogP contribution in [0.1, 0.15) is 36.8 Å². The molecule has 0 amide bonds. The highest BCUT2D eigenvalue weighted by Gasteiger charge is 2.21. The topological polar surface area (TPSA) is 104 Å². The van der Waals surface area contributed by atoms with Crippen LogP contribution in [0, 0.1) is 18.3 Å². The summed E-state index contributed by atoms with van der Waals surface area (Å²) < 4.78 is 1.79. The van der Waals surface area contributed by atoms with E-state index < -0.39 is 0 Å². The molecule has 0 unspecified atom stereocenters. The van der Waals surface area contributed by atoms with Gasteiger partial charge in [0.05, 0.1) is 17.3 Å². The van der Waals surface area contributed by atoms with Crippen molar-refractivity contribution < 1.29 is 0 Å². The van der Waals surface area contributed by atoms with E-state index in [2.05, 4.69) is 21.7 Å². The van der Waals surface area contributed by atoms with Gasteiger partial charge in [-0.1, -0.05) is 0 Å². The Morgan fingerprint density at radius 3 is 2.63 bits per heavy atom. The van der Waals surface area contributed by atoms with Gasteiger partial charge in [0.25, 0.3) is 0 Å². The van der Waals surface area contributed by atoms with Gasteiger partial charge in [0.1, 0.15) is 0 Å². The lowest BCUT2D eigenvalue weighted by Gasteiger charge is -2.28. The molecule has 27 heavy (non-hydrogen) atoms. The Morgan fingerprint density at radius 2 is 1.93 bits per heavy atom. The fraction of sp³-hybridized carbons (Fsp3) is 0.350. The zero-order valence-corrected chi connectivity index (χ0v) is 15.3. The molecule has 0 bridgehead atoms. The summed E-state index contributed by atoms with van der Waals surface area (Å²) in [6.45, 7) is 2.05. The lowest BCUT2D eigenvalue weighted by Crippen LogP contribution is -2.33. The van der Waals surface area contributed by atoms with Crippen LogP contribution in [0.25, 0.3) is 5.65 Å². The molecule has 4 rings (SSSR count). The predicted octanol–water partition coefficient (Wildman–Crippen LogP) is 3.33. The molecule has 3 aromatic rings. The average molecular weight is 361 g/mol. The minimum absolute atomic E-state index is 0.321. The second-order valence-electron chi connectivity index (χ2n) is 7.11. The van der Waals surface area contributed by atoms with Gasteiger partial charge in [-0.05, 0) is 56.9 Å². The number of aromatic nitrogens is 3. The van der Waals surface area contributed by atoms with Crippen LogP contribution >= 0.6 is 0 Å². The number of anilines is 3. The number of fused-ring (bicyclic) bond motifs is 1. The van der Waals surface area contributed by atoms with Crippen LogP contribution in [-0.2, 0) is 0 Å². The Balaban J connectivity index is 1.65. The molecular formula is C20H23N7. The highest BCUT2D eigenvalue weighted by Crippen LogP contribution is 2.30. The SMILES string of the molecule is Cc1c(N[C@H]2CC[C@H](N)CC2)nn2ccnc2c1Nc1ccc(C#N)cc1. The number of nitriles is 1. The van der Waals surface area contributed by atoms with Crippen LogP contribution in [-0.4, -0.2) is 26.7 Å². The molecule has 2 aromatic heterocycles. The van der Waals surface area contributed by atoms with Crippen LogP contribution in [0.15, 0.2) is 36.7 Å². The maximum absolute atomic E-state index is 8.98. The van der Waals surface area contributed by atoms with Crippen molar-refractivity contribution in [2.45, 2.75) is 44.7 Å². The predicted molar refractivity (Wildman–Crippen MR) is 106 cm³/mol. The summed E-state index contributed by atoms with van der Waals surface area (Å²) in [7, 11) is 0. The summed E-state index contributed by atoms with van der Waals surface area (Å²) >= 11 is 0. The molecule has 0 spiro atoms. The van der Waals surface area contributed by atoms with E-state index in [4.69, 9.17) is 16.1 Å². The van der Waals surface area contributed by atoms with Crippen molar-refractivity contribution in [1.82, 2.24) is 14.6 Å². The first-order valence-corrected chi connectivity index (χ1v) is 9.27. The van der Waals surface area contributed by atoms with E-state index in [9.17, 15) is 0 Å². The highest BCUT2D eigenvalue weighted by atomic mass is 15.3. The molecule has 7 heteroatoms. The first-order chi connectivity index (χ1) is 13.1. The Kier molecular flexibility index (Phi) is 4.65. The molecule has 1 aliphatic carbocycles. The minimum atomic E-state index is 0.321. The number of imidazole rings is 1. The fourth-order valence-corrected chi connectivity index (χ4v) is 3.54. The van der Waals surface area contributed by atoms with Gasteiger partial charge in [0.15, 0.2) is 11.5 Å². The molecule has 0 aliphatic heterocycles. The largest absolute Gasteiger partial charge is 0.366 e. The third-order valence-electron chi connectivity index (χ3n) is 5.18. The quantitative estimate of drug-likeness (QED) is 0.658. The Morgan fingerprint density at radius 1 is 1.19 bits per heavy atom. The third-order valence-corrected chi connectivity index (χ3v) is 5.18. The van der Waals surface area contributed by atoms with Crippen LogP contribution in [0.4, 0.5) is 17.2 Å². The van der Waals surface area contributed by atoms with E-state index in [1.54, 1.807) is 22.8 Å². The second kappa shape index (κ2) is 7.25. The normalized spacial score (nSPS) is 19.6. The molecule has 1 aliphatic rings. The molecule has 4 N–H and O–H groups in total. The van der Waals surface area contributed by atoms with Crippen LogP contribution in [0.5, 0.6) is 0 Å². The lowest BCUT2D eigenvalue weighted by molar-refractivity contribution is 0.410. The van der Waals surface area contributed by atoms with Crippen molar-refractivity contribution in [3.8, 4) is 6.07 Å². The fourth-order valence-electron chi connectivity index (χ4n) is 3.54. The van der Waals surface area contributed by atoms with E-state index >= 15 is 0 Å². The van der Waals surface area contributed by atoms with Crippen molar-refractivity contribution in [1.29, 1.82) is 5.26 Å². The van der Waals surface area contributed by atoms with Crippen LogP contribution < -0.4 is 16.4 Å². The van der Waals surface area contributed by atoms with Gasteiger partial charge in [-0.2, -0.15) is 5.26 Å². The smallest absolute Gasteiger partial charge is 0.177 e. The van der Waals surface area contributed by atoms with E-state index in [0.29, 0.717) is 17.6 Å². The van der Waals surface area contributed by atoms with Gasteiger partial charge in [-0.25, -0.2) is 9.50 Å². The van der Waals surface area contributed by atoms with Crippen LogP contribution in [0.2, 0.25) is 0 Å². The molecule has 1 aromatic carbocycles. The first-order valence-electron chi connectivity index (χ1n) is 9.27. The van der Waals surface area contributed by atoms with E-state index in [-0.39, 0.29) is 0 Å². The number of nitrogens with two attached hydrogens (primary N) is 1. The van der Waals surface area contributed by atoms with Crippen molar-refractivity contribution >= 4 is 22.8 Å². The molecule has 0 saturated heterocycles. The summed E-state index contributed by atoms with van der Waals surface area (Å²) in [4.78, 5) is 4.45. The summed E-state index contributed by atoms with van der Waals surface area (Å²) in [5.41, 5.74) is 10.3. The van der Waals surface area contributed by atoms with Crippen molar-refractivity contribution in [2.75, 3.05) is 10.6 Å². The number of benzene rings is 1. The van der Waals surface area contributed by atoms with Gasteiger partial charge in [-0.15, -0.1) is 5.10 Å². The molecule has 138 valence electrons. The maximum Gasteiger partial charge on any atom is 0.177 e. The van der Waals surface area contributed by atoms with Crippen molar-refractivity contribution in [2.24, 2.45) is 5.73 Å². The summed E-state index contributed by atoms with van der Waals surface area (Å²) in [5.74, 6) is 0.858. The van der Waals surface area contributed by atoms with Crippen LogP contribution in [0.3, 0.4) is 0 Å². The second-order valence-corrected chi connectivity index (χ2v) is 7.11. The number of rotatable bonds is 4. The van der Waals surface area contributed by atoms with Crippen molar-refractivity contribution in [3.63, 3.8) is 0 Å². The zero-order valence-electron chi connectivity index (χ0n) is 15.3. The lowest BCUT2D eigenvalue weighted by atomic mass is 9.92. The molecular weight excluding hydrogens is 338 g/mol. The first kappa shape index (κ1) is 17.3. The number of hydrogen-bond donors (Lipinski definition) is 3. The summed E-state index contributed by atoms with van der Waals surface area (Å²) in [5, 5.41) is 20.7. The molecule has 7 nitrogen and oxygen atoms in total. The van der Waals surface area contributed by atoms with E-state index in [1.165, 1.54) is 0 Å². The Hall–Kier alpha value is -3.11. The summed E-state index contributed by atoms with van der Waals surface area (Å²) in [6, 6.07) is 10.2. The van der Waals surface area contributed by atoms with Crippen molar-refractivity contribution in [3.05, 3.63) is 47.8 Å². The minimum Gasteiger partial charge on any atom is -0.366 e. The highest BCUT2D eigenvalue weighted by molar-refractivity contribution is 5.80. The number of nitrogens with one attached hydrogen (secondary N) is 2. The zero-order chi connectivity index (χ0) is 18.8.